The van der Waals surface area contributed by atoms with Gasteiger partial charge in [0.25, 0.3) is 0 Å². The minimum absolute atomic E-state index is 0.354. The van der Waals surface area contributed by atoms with Crippen LogP contribution in [0.3, 0.4) is 0 Å². The smallest absolute Gasteiger partial charge is 0.231 e. The van der Waals surface area contributed by atoms with Crippen molar-refractivity contribution in [1.82, 2.24) is 4.98 Å². The van der Waals surface area contributed by atoms with Crippen LogP contribution in [0.25, 0.3) is 0 Å². The Balaban J connectivity index is 2.64. The van der Waals surface area contributed by atoms with Gasteiger partial charge in [-0.05, 0) is 39.3 Å². The van der Waals surface area contributed by atoms with E-state index in [0.717, 1.165) is 10.6 Å². The van der Waals surface area contributed by atoms with Gasteiger partial charge in [-0.1, -0.05) is 41.9 Å². The Hall–Kier alpha value is -1.27. The summed E-state index contributed by atoms with van der Waals surface area (Å²) in [6, 6.07) is 8.47. The molecule has 134 valence electrons. The Kier molecular flexibility index (Phi) is 5.74. The molecule has 0 aliphatic rings. The van der Waals surface area contributed by atoms with Gasteiger partial charge in [0.1, 0.15) is 10.9 Å². The molecular weight excluding hydrogens is 381 g/mol. The molecule has 2 rings (SSSR count). The molecule has 1 N–H and O–H groups in total. The number of halogens is 2. The summed E-state index contributed by atoms with van der Waals surface area (Å²) in [7, 11) is 0. The van der Waals surface area contributed by atoms with E-state index in [1.807, 2.05) is 13.8 Å². The Bertz CT molecular complexity index is 780. The van der Waals surface area contributed by atoms with Gasteiger partial charge in [0.05, 0.1) is 11.1 Å². The van der Waals surface area contributed by atoms with Crippen molar-refractivity contribution in [2.75, 3.05) is 0 Å². The molecule has 2 unspecified atom stereocenters. The molecule has 0 saturated heterocycles. The fourth-order valence-electron chi connectivity index (χ4n) is 2.34. The summed E-state index contributed by atoms with van der Waals surface area (Å²) in [5.74, 6) is -1.65. The number of alkyl halides is 1. The van der Waals surface area contributed by atoms with Crippen molar-refractivity contribution in [2.45, 2.75) is 38.7 Å². The molecular formula is C18H19Cl2NO3S. The zero-order valence-electron chi connectivity index (χ0n) is 14.3. The minimum Gasteiger partial charge on any atom is -0.373 e. The lowest BCUT2D eigenvalue weighted by atomic mass is 9.77. The molecule has 0 fully saturated rings. The Morgan fingerprint density at radius 2 is 1.76 bits per heavy atom. The maximum Gasteiger partial charge on any atom is 0.231 e. The van der Waals surface area contributed by atoms with E-state index >= 15 is 0 Å². The van der Waals surface area contributed by atoms with Crippen molar-refractivity contribution in [1.29, 1.82) is 0 Å². The molecule has 1 aromatic carbocycles. The number of ketones is 1. The van der Waals surface area contributed by atoms with Crippen LogP contribution < -0.4 is 0 Å². The van der Waals surface area contributed by atoms with E-state index in [-0.39, 0.29) is 0 Å². The van der Waals surface area contributed by atoms with E-state index in [0.29, 0.717) is 10.6 Å². The van der Waals surface area contributed by atoms with Crippen molar-refractivity contribution in [3.05, 3.63) is 51.5 Å². The summed E-state index contributed by atoms with van der Waals surface area (Å²) in [6.07, 6.45) is 0. The molecule has 0 aliphatic heterocycles. The minimum atomic E-state index is -2.24. The second kappa shape index (κ2) is 7.16. The summed E-state index contributed by atoms with van der Waals surface area (Å²) < 4.78 is 0. The second-order valence-corrected chi connectivity index (χ2v) is 8.58. The molecule has 0 bridgehead atoms. The van der Waals surface area contributed by atoms with Gasteiger partial charge in [0.2, 0.25) is 5.24 Å². The molecule has 2 aromatic rings. The molecule has 7 heteroatoms. The summed E-state index contributed by atoms with van der Waals surface area (Å²) in [5.41, 5.74) is -0.457. The highest BCUT2D eigenvalue weighted by Crippen LogP contribution is 2.48. The number of carbonyl (C=O) groups is 2. The van der Waals surface area contributed by atoms with Gasteiger partial charge in [-0.3, -0.25) is 9.59 Å². The number of thiazole rings is 1. The summed E-state index contributed by atoms with van der Waals surface area (Å²) in [6.45, 7) is 6.50. The van der Waals surface area contributed by atoms with E-state index in [2.05, 4.69) is 4.98 Å². The van der Waals surface area contributed by atoms with Crippen LogP contribution in [0.4, 0.5) is 0 Å². The number of aliphatic hydroxyl groups is 1. The van der Waals surface area contributed by atoms with Crippen LogP contribution >= 0.6 is 34.5 Å². The number of rotatable bonds is 6. The maximum atomic E-state index is 13.1. The summed E-state index contributed by atoms with van der Waals surface area (Å²) >= 11 is 13.4. The topological polar surface area (TPSA) is 67.3 Å². The number of nitrogens with zero attached hydrogens (tertiary/aromatic N) is 1. The fraction of sp³-hybridized carbons (Fsp3) is 0.389. The highest BCUT2D eigenvalue weighted by Gasteiger charge is 2.56. The van der Waals surface area contributed by atoms with Gasteiger partial charge in [-0.25, -0.2) is 4.98 Å². The van der Waals surface area contributed by atoms with Gasteiger partial charge in [-0.15, -0.1) is 11.3 Å². The van der Waals surface area contributed by atoms with E-state index in [1.54, 1.807) is 30.3 Å². The first-order valence-corrected chi connectivity index (χ1v) is 9.21. The second-order valence-electron chi connectivity index (χ2n) is 6.43. The number of Topliss-reactive ketones (excluding diaryl/α,β-unsaturated/α-hetero) is 1. The van der Waals surface area contributed by atoms with Crippen molar-refractivity contribution in [2.24, 2.45) is 5.41 Å². The SMILES string of the molecule is Cc1nc(C(C(=O)c2ccccc2)C(O)(Cl)C(C)(C)C(=O)Cl)sc1C. The first-order chi connectivity index (χ1) is 11.5. The van der Waals surface area contributed by atoms with Crippen molar-refractivity contribution in [3.63, 3.8) is 0 Å². The molecule has 0 amide bonds. The van der Waals surface area contributed by atoms with Crippen molar-refractivity contribution >= 4 is 45.6 Å². The predicted octanol–water partition coefficient (Wildman–Crippen LogP) is 4.45. The number of aromatic nitrogens is 1. The van der Waals surface area contributed by atoms with Gasteiger partial charge < -0.3 is 5.11 Å². The summed E-state index contributed by atoms with van der Waals surface area (Å²) in [4.78, 5) is 30.3. The van der Waals surface area contributed by atoms with E-state index < -0.39 is 27.4 Å². The number of carbonyl (C=O) groups excluding carboxylic acids is 2. The lowest BCUT2D eigenvalue weighted by Crippen LogP contribution is -2.50. The maximum absolute atomic E-state index is 13.1. The Labute approximate surface area is 160 Å². The van der Waals surface area contributed by atoms with Crippen LogP contribution in [0.15, 0.2) is 30.3 Å². The van der Waals surface area contributed by atoms with Crippen molar-refractivity contribution < 1.29 is 14.7 Å². The average Bonchev–Trinajstić information content (AvgIpc) is 2.86. The van der Waals surface area contributed by atoms with Gasteiger partial charge >= 0.3 is 0 Å². The van der Waals surface area contributed by atoms with Crippen molar-refractivity contribution in [3.8, 4) is 0 Å². The highest BCUT2D eigenvalue weighted by atomic mass is 35.5. The molecule has 1 heterocycles. The zero-order valence-corrected chi connectivity index (χ0v) is 16.7. The van der Waals surface area contributed by atoms with Crippen LogP contribution in [-0.4, -0.2) is 26.2 Å². The van der Waals surface area contributed by atoms with Gasteiger partial charge in [-0.2, -0.15) is 0 Å². The zero-order chi connectivity index (χ0) is 19.0. The number of hydrogen-bond acceptors (Lipinski definition) is 5. The standard InChI is InChI=1S/C18H19Cl2NO3S/c1-10-11(2)25-15(21-10)13(14(22)12-8-6-5-7-9-12)18(20,24)17(3,4)16(19)23/h5-9,13,24H,1-4H3. The first-order valence-electron chi connectivity index (χ1n) is 7.64. The van der Waals surface area contributed by atoms with E-state index in [1.165, 1.54) is 25.2 Å². The first kappa shape index (κ1) is 20.0. The van der Waals surface area contributed by atoms with Gasteiger partial charge in [0, 0.05) is 10.4 Å². The van der Waals surface area contributed by atoms with Crippen LogP contribution in [0.1, 0.15) is 45.7 Å². The monoisotopic (exact) mass is 399 g/mol. The van der Waals surface area contributed by atoms with Gasteiger partial charge in [0.15, 0.2) is 10.8 Å². The Morgan fingerprint density at radius 1 is 1.20 bits per heavy atom. The number of hydrogen-bond donors (Lipinski definition) is 1. The molecule has 2 atom stereocenters. The van der Waals surface area contributed by atoms with E-state index in [4.69, 9.17) is 23.2 Å². The molecule has 25 heavy (non-hydrogen) atoms. The van der Waals surface area contributed by atoms with Crippen LogP contribution in [-0.2, 0) is 4.79 Å². The number of benzene rings is 1. The summed E-state index contributed by atoms with van der Waals surface area (Å²) in [5, 5.41) is 8.34. The molecule has 0 radical (unpaired) electrons. The number of aryl methyl sites for hydroxylation is 2. The predicted molar refractivity (Wildman–Crippen MR) is 101 cm³/mol. The normalized spacial score (nSPS) is 15.5. The lowest BCUT2D eigenvalue weighted by Gasteiger charge is -2.39. The van der Waals surface area contributed by atoms with E-state index in [9.17, 15) is 14.7 Å². The molecule has 4 nitrogen and oxygen atoms in total. The molecule has 0 aliphatic carbocycles. The Morgan fingerprint density at radius 3 is 2.20 bits per heavy atom. The molecule has 0 spiro atoms. The van der Waals surface area contributed by atoms with Crippen LogP contribution in [0.5, 0.6) is 0 Å². The molecule has 1 aromatic heterocycles. The fourth-order valence-corrected chi connectivity index (χ4v) is 3.97. The largest absolute Gasteiger partial charge is 0.373 e. The third-order valence-corrected chi connectivity index (χ3v) is 6.66. The third kappa shape index (κ3) is 3.65. The average molecular weight is 400 g/mol. The van der Waals surface area contributed by atoms with Crippen LogP contribution in [0.2, 0.25) is 0 Å². The highest BCUT2D eigenvalue weighted by molar-refractivity contribution is 7.12. The molecule has 0 saturated carbocycles. The quantitative estimate of drug-likeness (QED) is 0.442. The third-order valence-electron chi connectivity index (χ3n) is 4.36. The van der Waals surface area contributed by atoms with Crippen LogP contribution in [0, 0.1) is 19.3 Å². The lowest BCUT2D eigenvalue weighted by molar-refractivity contribution is -0.127.